The van der Waals surface area contributed by atoms with E-state index in [4.69, 9.17) is 11.6 Å². The smallest absolute Gasteiger partial charge is 0.372 e. The molecule has 0 aliphatic heterocycles. The Hall–Kier alpha value is -2.97. The average Bonchev–Trinajstić information content (AvgIpc) is 3.12. The van der Waals surface area contributed by atoms with Crippen molar-refractivity contribution in [3.8, 4) is 5.69 Å². The first-order valence-corrected chi connectivity index (χ1v) is 8.98. The number of aromatic nitrogens is 2. The van der Waals surface area contributed by atoms with Crippen molar-refractivity contribution in [2.45, 2.75) is 11.8 Å². The first-order valence-electron chi connectivity index (χ1n) is 8.60. The number of halogens is 6. The van der Waals surface area contributed by atoms with E-state index in [1.54, 1.807) is 0 Å². The summed E-state index contributed by atoms with van der Waals surface area (Å²) in [7, 11) is 0. The van der Waals surface area contributed by atoms with Gasteiger partial charge >= 0.3 is 6.18 Å². The molecule has 1 aromatic heterocycles. The SMILES string of the molecule is OC(c1ccc(Cl)c(F)c1)(c1ccc2c(cnn2-c2ccc(F)cc2)c1)C(F)(F)F. The Morgan fingerprint density at radius 2 is 1.50 bits per heavy atom. The van der Waals surface area contributed by atoms with Gasteiger partial charge in [0.1, 0.15) is 11.6 Å². The largest absolute Gasteiger partial charge is 0.425 e. The molecule has 0 saturated carbocycles. The zero-order valence-corrected chi connectivity index (χ0v) is 15.7. The molecule has 0 bridgehead atoms. The monoisotopic (exact) mass is 438 g/mol. The molecule has 4 rings (SSSR count). The molecule has 1 heterocycles. The van der Waals surface area contributed by atoms with Crippen LogP contribution in [0.4, 0.5) is 22.0 Å². The molecule has 1 atom stereocenters. The van der Waals surface area contributed by atoms with Gasteiger partial charge in [-0.25, -0.2) is 13.5 Å². The minimum atomic E-state index is -5.14. The number of alkyl halides is 3. The lowest BCUT2D eigenvalue weighted by atomic mass is 9.85. The fourth-order valence-electron chi connectivity index (χ4n) is 3.26. The molecule has 1 unspecified atom stereocenters. The Kier molecular flexibility index (Phi) is 4.79. The van der Waals surface area contributed by atoms with E-state index >= 15 is 0 Å². The van der Waals surface area contributed by atoms with E-state index in [0.717, 1.165) is 24.3 Å². The second-order valence-corrected chi connectivity index (χ2v) is 7.05. The predicted molar refractivity (Wildman–Crippen MR) is 101 cm³/mol. The minimum absolute atomic E-state index is 0.300. The van der Waals surface area contributed by atoms with Gasteiger partial charge in [0.05, 0.1) is 22.4 Å². The molecule has 0 aliphatic carbocycles. The Morgan fingerprint density at radius 3 is 2.13 bits per heavy atom. The van der Waals surface area contributed by atoms with Crippen LogP contribution in [-0.2, 0) is 5.60 Å². The van der Waals surface area contributed by atoms with Crippen LogP contribution < -0.4 is 0 Å². The number of rotatable bonds is 3. The lowest BCUT2D eigenvalue weighted by Gasteiger charge is -2.31. The summed E-state index contributed by atoms with van der Waals surface area (Å²) >= 11 is 5.57. The fourth-order valence-corrected chi connectivity index (χ4v) is 3.38. The van der Waals surface area contributed by atoms with Gasteiger partial charge in [0.15, 0.2) is 0 Å². The number of benzene rings is 3. The molecule has 154 valence electrons. The first kappa shape index (κ1) is 20.3. The average molecular weight is 439 g/mol. The van der Waals surface area contributed by atoms with E-state index in [1.165, 1.54) is 41.2 Å². The summed E-state index contributed by atoms with van der Waals surface area (Å²) in [6.07, 6.45) is -3.82. The second-order valence-electron chi connectivity index (χ2n) is 6.64. The van der Waals surface area contributed by atoms with Crippen LogP contribution >= 0.6 is 11.6 Å². The Labute approximate surface area is 171 Å². The summed E-state index contributed by atoms with van der Waals surface area (Å²) < 4.78 is 70.3. The molecule has 0 radical (unpaired) electrons. The number of hydrogen-bond acceptors (Lipinski definition) is 2. The van der Waals surface area contributed by atoms with Gasteiger partial charge in [0, 0.05) is 10.9 Å². The molecule has 3 aromatic carbocycles. The molecule has 0 aliphatic rings. The van der Waals surface area contributed by atoms with Gasteiger partial charge in [0.25, 0.3) is 0 Å². The molecule has 0 amide bonds. The van der Waals surface area contributed by atoms with E-state index in [-0.39, 0.29) is 5.02 Å². The Balaban J connectivity index is 1.87. The molecule has 30 heavy (non-hydrogen) atoms. The van der Waals surface area contributed by atoms with E-state index < -0.39 is 34.5 Å². The quantitative estimate of drug-likeness (QED) is 0.413. The highest BCUT2D eigenvalue weighted by atomic mass is 35.5. The van der Waals surface area contributed by atoms with Crippen molar-refractivity contribution in [2.75, 3.05) is 0 Å². The van der Waals surface area contributed by atoms with E-state index in [9.17, 15) is 27.1 Å². The first-order chi connectivity index (χ1) is 14.1. The third-order valence-electron chi connectivity index (χ3n) is 4.80. The maximum Gasteiger partial charge on any atom is 0.425 e. The van der Waals surface area contributed by atoms with Crippen LogP contribution in [0.2, 0.25) is 5.02 Å². The zero-order valence-electron chi connectivity index (χ0n) is 15.0. The molecular formula is C21H12ClF5N2O. The second kappa shape index (κ2) is 7.07. The van der Waals surface area contributed by atoms with Gasteiger partial charge in [-0.3, -0.25) is 0 Å². The summed E-state index contributed by atoms with van der Waals surface area (Å²) in [6.45, 7) is 0. The van der Waals surface area contributed by atoms with Gasteiger partial charge in [-0.15, -0.1) is 0 Å². The normalized spacial score (nSPS) is 14.1. The minimum Gasteiger partial charge on any atom is -0.372 e. The predicted octanol–water partition coefficient (Wildman–Crippen LogP) is 5.76. The van der Waals surface area contributed by atoms with Gasteiger partial charge < -0.3 is 5.11 Å². The van der Waals surface area contributed by atoms with Crippen LogP contribution in [0.1, 0.15) is 11.1 Å². The Bertz CT molecular complexity index is 1240. The van der Waals surface area contributed by atoms with Crippen LogP contribution in [0, 0.1) is 11.6 Å². The van der Waals surface area contributed by atoms with Gasteiger partial charge in [0.2, 0.25) is 5.60 Å². The Morgan fingerprint density at radius 1 is 0.867 bits per heavy atom. The van der Waals surface area contributed by atoms with Gasteiger partial charge in [-0.05, 0) is 54.1 Å². The van der Waals surface area contributed by atoms with E-state index in [1.807, 2.05) is 0 Å². The molecule has 0 saturated heterocycles. The lowest BCUT2D eigenvalue weighted by Crippen LogP contribution is -2.43. The van der Waals surface area contributed by atoms with E-state index in [2.05, 4.69) is 5.10 Å². The highest BCUT2D eigenvalue weighted by Gasteiger charge is 2.56. The molecule has 3 nitrogen and oxygen atoms in total. The van der Waals surface area contributed by atoms with Crippen molar-refractivity contribution in [3.05, 3.63) is 94.6 Å². The molecule has 0 spiro atoms. The summed E-state index contributed by atoms with van der Waals surface area (Å²) in [5.74, 6) is -1.52. The highest BCUT2D eigenvalue weighted by molar-refractivity contribution is 6.30. The summed E-state index contributed by atoms with van der Waals surface area (Å²) in [4.78, 5) is 0. The molecule has 1 N–H and O–H groups in total. The van der Waals surface area contributed by atoms with Crippen LogP contribution in [-0.4, -0.2) is 21.1 Å². The van der Waals surface area contributed by atoms with Crippen LogP contribution in [0.3, 0.4) is 0 Å². The van der Waals surface area contributed by atoms with Crippen molar-refractivity contribution in [2.24, 2.45) is 0 Å². The maximum atomic E-state index is 14.0. The topological polar surface area (TPSA) is 38.1 Å². The third kappa shape index (κ3) is 3.22. The van der Waals surface area contributed by atoms with Crippen molar-refractivity contribution >= 4 is 22.5 Å². The maximum absolute atomic E-state index is 14.0. The number of aliphatic hydroxyl groups is 1. The van der Waals surface area contributed by atoms with Gasteiger partial charge in [-0.2, -0.15) is 18.3 Å². The van der Waals surface area contributed by atoms with Gasteiger partial charge in [-0.1, -0.05) is 23.7 Å². The van der Waals surface area contributed by atoms with Crippen molar-refractivity contribution < 1.29 is 27.1 Å². The molecule has 9 heteroatoms. The fraction of sp³-hybridized carbons (Fsp3) is 0.0952. The summed E-state index contributed by atoms with van der Waals surface area (Å²) in [5.41, 5.74) is -3.74. The summed E-state index contributed by atoms with van der Waals surface area (Å²) in [6, 6.07) is 11.4. The molecule has 4 aromatic rings. The summed E-state index contributed by atoms with van der Waals surface area (Å²) in [5, 5.41) is 14.8. The van der Waals surface area contributed by atoms with Crippen LogP contribution in [0.15, 0.2) is 66.9 Å². The van der Waals surface area contributed by atoms with Crippen molar-refractivity contribution in [1.82, 2.24) is 9.78 Å². The third-order valence-corrected chi connectivity index (χ3v) is 5.11. The molecular weight excluding hydrogens is 427 g/mol. The van der Waals surface area contributed by atoms with E-state index in [0.29, 0.717) is 22.7 Å². The number of nitrogens with zero attached hydrogens (tertiary/aromatic N) is 2. The molecule has 0 fully saturated rings. The number of fused-ring (bicyclic) bond motifs is 1. The van der Waals surface area contributed by atoms with Crippen molar-refractivity contribution in [3.63, 3.8) is 0 Å². The van der Waals surface area contributed by atoms with Crippen LogP contribution in [0.25, 0.3) is 16.6 Å². The van der Waals surface area contributed by atoms with Crippen molar-refractivity contribution in [1.29, 1.82) is 0 Å². The standard InChI is InChI=1S/C21H12ClF5N2O/c22-17-7-1-14(10-18(17)24)20(30,21(25,26)27)13-2-8-19-12(9-13)11-28-29(19)16-5-3-15(23)4-6-16/h1-11,30H. The lowest BCUT2D eigenvalue weighted by molar-refractivity contribution is -0.248. The zero-order chi connectivity index (χ0) is 21.7. The highest BCUT2D eigenvalue weighted by Crippen LogP contribution is 2.45. The number of hydrogen-bond donors (Lipinski definition) is 1. The van der Waals surface area contributed by atoms with Crippen LogP contribution in [0.5, 0.6) is 0 Å².